The summed E-state index contributed by atoms with van der Waals surface area (Å²) < 4.78 is 5.24. The van der Waals surface area contributed by atoms with Crippen molar-refractivity contribution in [3.05, 3.63) is 22.4 Å². The Bertz CT molecular complexity index is 871. The van der Waals surface area contributed by atoms with Gasteiger partial charge in [0.05, 0.1) is 18.3 Å². The molecule has 0 aromatic carbocycles. The molecular weight excluding hydrogens is 326 g/mol. The fraction of sp³-hybridized carbons (Fsp3) is 0.562. The molecule has 0 saturated carbocycles. The van der Waals surface area contributed by atoms with Gasteiger partial charge in [0.25, 0.3) is 11.5 Å². The highest BCUT2D eigenvalue weighted by molar-refractivity contribution is 6.03. The van der Waals surface area contributed by atoms with Crippen molar-refractivity contribution in [2.75, 3.05) is 19.7 Å². The number of ether oxygens (including phenoxy) is 1. The molecule has 1 fully saturated rings. The summed E-state index contributed by atoms with van der Waals surface area (Å²) in [4.78, 5) is 45.3. The summed E-state index contributed by atoms with van der Waals surface area (Å²) in [5, 5.41) is 6.65. The second kappa shape index (κ2) is 6.30. The van der Waals surface area contributed by atoms with Crippen LogP contribution >= 0.6 is 0 Å². The van der Waals surface area contributed by atoms with Gasteiger partial charge >= 0.3 is 5.97 Å². The number of hydrogen-bond acceptors (Lipinski definition) is 6. The average Bonchev–Trinajstić information content (AvgIpc) is 3.21. The van der Waals surface area contributed by atoms with Crippen molar-refractivity contribution in [1.82, 2.24) is 25.1 Å². The van der Waals surface area contributed by atoms with E-state index < -0.39 is 11.0 Å². The summed E-state index contributed by atoms with van der Waals surface area (Å²) in [6.07, 6.45) is 1.76. The summed E-state index contributed by atoms with van der Waals surface area (Å²) in [6, 6.07) is 0. The maximum absolute atomic E-state index is 12.9. The van der Waals surface area contributed by atoms with Gasteiger partial charge in [-0.15, -0.1) is 0 Å². The number of hydrogen-bond donors (Lipinski definition) is 2. The zero-order valence-corrected chi connectivity index (χ0v) is 14.5. The van der Waals surface area contributed by atoms with E-state index in [0.717, 1.165) is 0 Å². The Labute approximate surface area is 143 Å². The molecule has 0 bridgehead atoms. The topological polar surface area (TPSA) is 121 Å². The van der Waals surface area contributed by atoms with Crippen molar-refractivity contribution in [3.8, 4) is 0 Å². The molecule has 1 aliphatic rings. The molecule has 9 nitrogen and oxygen atoms in total. The normalized spacial score (nSPS) is 20.4. The second-order valence-electron chi connectivity index (χ2n) is 6.54. The van der Waals surface area contributed by atoms with Gasteiger partial charge in [-0.1, -0.05) is 13.8 Å². The summed E-state index contributed by atoms with van der Waals surface area (Å²) >= 11 is 0. The van der Waals surface area contributed by atoms with Gasteiger partial charge in [-0.3, -0.25) is 19.5 Å². The van der Waals surface area contributed by atoms with Crippen LogP contribution in [0.5, 0.6) is 0 Å². The highest BCUT2D eigenvalue weighted by Gasteiger charge is 2.49. The Morgan fingerprint density at radius 3 is 2.88 bits per heavy atom. The lowest BCUT2D eigenvalue weighted by atomic mass is 9.76. The van der Waals surface area contributed by atoms with E-state index >= 15 is 0 Å². The molecule has 1 unspecified atom stereocenters. The van der Waals surface area contributed by atoms with Crippen LogP contribution in [0.3, 0.4) is 0 Å². The van der Waals surface area contributed by atoms with Crippen LogP contribution in [0, 0.1) is 11.3 Å². The van der Waals surface area contributed by atoms with Crippen molar-refractivity contribution in [1.29, 1.82) is 0 Å². The van der Waals surface area contributed by atoms with Crippen LogP contribution in [-0.4, -0.2) is 56.6 Å². The van der Waals surface area contributed by atoms with Crippen molar-refractivity contribution < 1.29 is 14.3 Å². The van der Waals surface area contributed by atoms with Gasteiger partial charge in [0.2, 0.25) is 0 Å². The largest absolute Gasteiger partial charge is 0.466 e. The minimum atomic E-state index is -0.730. The number of nitrogens with one attached hydrogen (secondary N) is 2. The Morgan fingerprint density at radius 2 is 2.20 bits per heavy atom. The Hall–Kier alpha value is -2.71. The van der Waals surface area contributed by atoms with Gasteiger partial charge in [-0.25, -0.2) is 4.98 Å². The summed E-state index contributed by atoms with van der Waals surface area (Å²) in [5.74, 6) is -0.630. The molecule has 2 aromatic heterocycles. The second-order valence-corrected chi connectivity index (χ2v) is 6.54. The predicted molar refractivity (Wildman–Crippen MR) is 88.9 cm³/mol. The van der Waals surface area contributed by atoms with Gasteiger partial charge in [-0.2, -0.15) is 5.10 Å². The van der Waals surface area contributed by atoms with Gasteiger partial charge in [0, 0.05) is 13.1 Å². The molecule has 0 aliphatic carbocycles. The predicted octanol–water partition coefficient (Wildman–Crippen LogP) is 0.698. The Morgan fingerprint density at radius 1 is 1.44 bits per heavy atom. The Kier molecular flexibility index (Phi) is 4.32. The highest BCUT2D eigenvalue weighted by Crippen LogP contribution is 2.39. The number of fused-ring (bicyclic) bond motifs is 1. The van der Waals surface area contributed by atoms with Gasteiger partial charge in [0.15, 0.2) is 5.65 Å². The van der Waals surface area contributed by atoms with E-state index in [9.17, 15) is 14.4 Å². The van der Waals surface area contributed by atoms with E-state index in [0.29, 0.717) is 19.6 Å². The van der Waals surface area contributed by atoms with Crippen LogP contribution in [0.2, 0.25) is 0 Å². The molecule has 1 aliphatic heterocycles. The van der Waals surface area contributed by atoms with E-state index in [-0.39, 0.29) is 41.1 Å². The van der Waals surface area contributed by atoms with E-state index in [2.05, 4.69) is 20.2 Å². The van der Waals surface area contributed by atoms with E-state index in [1.165, 1.54) is 6.33 Å². The lowest BCUT2D eigenvalue weighted by Gasteiger charge is -2.30. The smallest absolute Gasteiger partial charge is 0.314 e. The number of amides is 1. The first kappa shape index (κ1) is 17.1. The fourth-order valence-electron chi connectivity index (χ4n) is 3.33. The maximum Gasteiger partial charge on any atom is 0.314 e. The lowest BCUT2D eigenvalue weighted by Crippen LogP contribution is -2.42. The SMILES string of the molecule is CCOC(=O)C1(C(C)C)CCN(C(=O)c2[nH]nc3nc[nH]c(=O)c23)C1. The van der Waals surface area contributed by atoms with Crippen LogP contribution in [-0.2, 0) is 9.53 Å². The molecule has 1 atom stereocenters. The number of carbonyl (C=O) groups is 2. The van der Waals surface area contributed by atoms with E-state index in [1.807, 2.05) is 13.8 Å². The third kappa shape index (κ3) is 2.69. The standard InChI is InChI=1S/C16H21N5O4/c1-4-25-15(24)16(9(2)3)5-6-21(7-16)14(23)11-10-12(20-19-11)17-8-18-13(10)22/h8-9H,4-7H2,1-3H3,(H2,17,18,19,20,22). The van der Waals surface area contributed by atoms with Crippen molar-refractivity contribution in [3.63, 3.8) is 0 Å². The molecule has 2 aromatic rings. The average molecular weight is 347 g/mol. The number of esters is 1. The van der Waals surface area contributed by atoms with Crippen molar-refractivity contribution >= 4 is 22.9 Å². The van der Waals surface area contributed by atoms with Crippen LogP contribution in [0.25, 0.3) is 11.0 Å². The number of H-pyrrole nitrogens is 2. The molecule has 2 N–H and O–H groups in total. The molecule has 1 saturated heterocycles. The summed E-state index contributed by atoms with van der Waals surface area (Å²) in [5.41, 5.74) is -0.881. The molecular formula is C16H21N5O4. The summed E-state index contributed by atoms with van der Waals surface area (Å²) in [7, 11) is 0. The minimum absolute atomic E-state index is 0.0212. The Balaban J connectivity index is 1.91. The number of aromatic amines is 2. The van der Waals surface area contributed by atoms with Crippen molar-refractivity contribution in [2.45, 2.75) is 27.2 Å². The number of rotatable bonds is 4. The van der Waals surface area contributed by atoms with Gasteiger partial charge < -0.3 is 14.6 Å². The van der Waals surface area contributed by atoms with E-state index in [4.69, 9.17) is 4.74 Å². The molecule has 9 heteroatoms. The first-order valence-corrected chi connectivity index (χ1v) is 8.29. The third-order valence-electron chi connectivity index (χ3n) is 4.95. The third-order valence-corrected chi connectivity index (χ3v) is 4.95. The zero-order valence-electron chi connectivity index (χ0n) is 14.5. The van der Waals surface area contributed by atoms with E-state index in [1.54, 1.807) is 11.8 Å². The first-order valence-electron chi connectivity index (χ1n) is 8.29. The zero-order chi connectivity index (χ0) is 18.2. The minimum Gasteiger partial charge on any atom is -0.466 e. The molecule has 1 amide bonds. The van der Waals surface area contributed by atoms with Crippen molar-refractivity contribution in [2.24, 2.45) is 11.3 Å². The molecule has 25 heavy (non-hydrogen) atoms. The lowest BCUT2D eigenvalue weighted by molar-refractivity contribution is -0.157. The van der Waals surface area contributed by atoms with Crippen LogP contribution in [0.4, 0.5) is 0 Å². The number of aromatic nitrogens is 4. The maximum atomic E-state index is 12.9. The molecule has 0 spiro atoms. The number of carbonyl (C=O) groups excluding carboxylic acids is 2. The van der Waals surface area contributed by atoms with Crippen LogP contribution in [0.1, 0.15) is 37.7 Å². The van der Waals surface area contributed by atoms with Crippen LogP contribution in [0.15, 0.2) is 11.1 Å². The van der Waals surface area contributed by atoms with Gasteiger partial charge in [0.1, 0.15) is 11.1 Å². The van der Waals surface area contributed by atoms with Gasteiger partial charge in [-0.05, 0) is 19.3 Å². The molecule has 134 valence electrons. The summed E-state index contributed by atoms with van der Waals surface area (Å²) in [6.45, 7) is 6.62. The highest BCUT2D eigenvalue weighted by atomic mass is 16.5. The fourth-order valence-corrected chi connectivity index (χ4v) is 3.33. The van der Waals surface area contributed by atoms with Crippen LogP contribution < -0.4 is 5.56 Å². The first-order chi connectivity index (χ1) is 11.9. The molecule has 0 radical (unpaired) electrons. The monoisotopic (exact) mass is 347 g/mol. The quantitative estimate of drug-likeness (QED) is 0.785. The molecule has 3 heterocycles. The number of nitrogens with zero attached hydrogens (tertiary/aromatic N) is 3. The number of likely N-dealkylation sites (tertiary alicyclic amines) is 1. The molecule has 3 rings (SSSR count).